The Hall–Kier alpha value is -6.51. The van der Waals surface area contributed by atoms with Crippen molar-refractivity contribution in [1.29, 1.82) is 0 Å². The number of ether oxygens (including phenoxy) is 13. The summed E-state index contributed by atoms with van der Waals surface area (Å²) in [6.07, 6.45) is -15.1. The average molecular weight is 1150 g/mol. The molecule has 0 saturated carbocycles. The Morgan fingerprint density at radius 1 is 0.345 bits per heavy atom. The second kappa shape index (κ2) is 31.0. The second-order valence-corrected chi connectivity index (χ2v) is 21.3. The third kappa shape index (κ3) is 16.9. The van der Waals surface area contributed by atoms with E-state index in [-0.39, 0.29) is 52.9 Å². The minimum atomic E-state index is -1.51. The predicted molar refractivity (Wildman–Crippen MR) is 311 cm³/mol. The monoisotopic (exact) mass is 1140 g/mol. The molecule has 3 fully saturated rings. The molecular weight excluding hydrogens is 1070 g/mol. The maximum Gasteiger partial charge on any atom is 0.302 e. The number of esters is 1. The van der Waals surface area contributed by atoms with Gasteiger partial charge in [-0.25, -0.2) is 0 Å². The van der Waals surface area contributed by atoms with Crippen molar-refractivity contribution in [3.05, 3.63) is 251 Å². The molecule has 1 N–H and O–H groups in total. The summed E-state index contributed by atoms with van der Waals surface area (Å²) in [6.45, 7) is 6.02. The highest BCUT2D eigenvalue weighted by Gasteiger charge is 2.56. The maximum absolute atomic E-state index is 12.8. The third-order valence-corrected chi connectivity index (χ3v) is 15.1. The van der Waals surface area contributed by atoms with Crippen LogP contribution in [-0.4, -0.2) is 110 Å². The first-order chi connectivity index (χ1) is 41.2. The van der Waals surface area contributed by atoms with Gasteiger partial charge in [0, 0.05) is 6.92 Å². The van der Waals surface area contributed by atoms with Gasteiger partial charge in [0.1, 0.15) is 67.6 Å². The first-order valence-electron chi connectivity index (χ1n) is 28.9. The molecule has 0 aliphatic carbocycles. The van der Waals surface area contributed by atoms with E-state index in [0.29, 0.717) is 0 Å². The van der Waals surface area contributed by atoms with Crippen molar-refractivity contribution < 1.29 is 71.5 Å². The Labute approximate surface area is 492 Å². The smallest absolute Gasteiger partial charge is 0.302 e. The number of hydrogen-bond donors (Lipinski definition) is 1. The molecular formula is C69H76O15. The summed E-state index contributed by atoms with van der Waals surface area (Å²) >= 11 is 0. The van der Waals surface area contributed by atoms with Gasteiger partial charge < -0.3 is 66.7 Å². The van der Waals surface area contributed by atoms with Gasteiger partial charge in [-0.15, -0.1) is 0 Å². The number of benzene rings is 7. The summed E-state index contributed by atoms with van der Waals surface area (Å²) < 4.78 is 89.5. The van der Waals surface area contributed by atoms with Gasteiger partial charge in [-0.1, -0.05) is 212 Å². The van der Waals surface area contributed by atoms with Gasteiger partial charge in [-0.05, 0) is 52.8 Å². The zero-order valence-electron chi connectivity index (χ0n) is 47.7. The molecule has 0 bridgehead atoms. The van der Waals surface area contributed by atoms with E-state index in [2.05, 4.69) is 0 Å². The van der Waals surface area contributed by atoms with Crippen LogP contribution in [-0.2, 0) is 113 Å². The molecule has 0 spiro atoms. The van der Waals surface area contributed by atoms with E-state index in [1.807, 2.05) is 226 Å². The van der Waals surface area contributed by atoms with Crippen LogP contribution < -0.4 is 0 Å². The summed E-state index contributed by atoms with van der Waals surface area (Å²) in [7, 11) is 0. The number of carbonyl (C=O) groups excluding carboxylic acids is 1. The van der Waals surface area contributed by atoms with Crippen molar-refractivity contribution in [2.45, 2.75) is 159 Å². The van der Waals surface area contributed by atoms with Gasteiger partial charge in [0.15, 0.2) is 18.9 Å². The van der Waals surface area contributed by atoms with Crippen molar-refractivity contribution in [1.82, 2.24) is 0 Å². The molecule has 15 atom stereocenters. The van der Waals surface area contributed by atoms with Gasteiger partial charge >= 0.3 is 5.97 Å². The fourth-order valence-electron chi connectivity index (χ4n) is 10.8. The quantitative estimate of drug-likeness (QED) is 0.0485. The van der Waals surface area contributed by atoms with Crippen molar-refractivity contribution in [3.63, 3.8) is 0 Å². The lowest BCUT2D eigenvalue weighted by molar-refractivity contribution is -0.393. The van der Waals surface area contributed by atoms with Crippen LogP contribution in [0, 0.1) is 0 Å². The number of rotatable bonds is 27. The first kappa shape index (κ1) is 60.6. The standard InChI is InChI=1S/C69H76O15/c1-47-58(73-39-50-25-11-4-12-26-50)61(76-42-53-31-17-7-18-32-53)64(67(71)80-47)84-68-66(79-45-56-37-23-10-24-38-56)63(59(48(2)81-68)74-40-51-27-13-5-14-28-51)83-69-65(78-44-55-35-21-9-22-36-55)62(77-43-54-33-19-8-20-34-54)60(57(82-69)46-72-49(3)70)75-41-52-29-15-6-16-30-52/h4-38,47-48,57-69,71H,39-46H2,1-3H3/t47-,48-,57+,58-,59-,60+,61+,62-,63+,64+,65+,66+,67+,68-,69+/m0/s1. The van der Waals surface area contributed by atoms with Crippen LogP contribution in [0.4, 0.5) is 0 Å². The SMILES string of the molecule is CC(=O)OC[C@H]1O[C@H](O[C@@H]2[C@@H](OCc3ccccc3)[C@H](C)O[C@@H](O[C@@H]3[C@H](OCc4ccccc4)[C@@H](OCc4ccccc4)[C@H](C)O[C@H]3O)[C@@H]2OCc2ccccc2)[C@H](OCc2ccccc2)[C@@H](OCc2ccccc2)[C@@H]1OCc1ccccc1. The van der Waals surface area contributed by atoms with Gasteiger partial charge in [0.2, 0.25) is 0 Å². The molecule has 15 nitrogen and oxygen atoms in total. The molecule has 7 aromatic rings. The normalized spacial score (nSPS) is 27.9. The van der Waals surface area contributed by atoms with Crippen LogP contribution in [0.1, 0.15) is 59.7 Å². The topological polar surface area (TPSA) is 157 Å². The third-order valence-electron chi connectivity index (χ3n) is 15.1. The van der Waals surface area contributed by atoms with Crippen LogP contribution in [0.3, 0.4) is 0 Å². The minimum Gasteiger partial charge on any atom is -0.463 e. The maximum atomic E-state index is 12.8. The van der Waals surface area contributed by atoms with Crippen LogP contribution in [0.5, 0.6) is 0 Å². The molecule has 0 aromatic heterocycles. The number of aliphatic hydroxyl groups is 1. The predicted octanol–water partition coefficient (Wildman–Crippen LogP) is 10.6. The van der Waals surface area contributed by atoms with E-state index in [9.17, 15) is 9.90 Å². The van der Waals surface area contributed by atoms with Gasteiger partial charge in [0.05, 0.1) is 58.5 Å². The minimum absolute atomic E-state index is 0.0820. The average Bonchev–Trinajstić information content (AvgIpc) is 3.46. The highest BCUT2D eigenvalue weighted by Crippen LogP contribution is 2.39. The highest BCUT2D eigenvalue weighted by molar-refractivity contribution is 5.65. The summed E-state index contributed by atoms with van der Waals surface area (Å²) in [6, 6.07) is 68.6. The first-order valence-corrected chi connectivity index (χ1v) is 28.9. The van der Waals surface area contributed by atoms with Gasteiger partial charge in [0.25, 0.3) is 0 Å². The number of aliphatic hydroxyl groups excluding tert-OH is 1. The van der Waals surface area contributed by atoms with Gasteiger partial charge in [-0.2, -0.15) is 0 Å². The molecule has 442 valence electrons. The molecule has 3 aliphatic rings. The molecule has 0 radical (unpaired) electrons. The zero-order chi connectivity index (χ0) is 57.9. The molecule has 0 unspecified atom stereocenters. The van der Waals surface area contributed by atoms with Crippen LogP contribution >= 0.6 is 0 Å². The molecule has 10 rings (SSSR count). The van der Waals surface area contributed by atoms with E-state index >= 15 is 0 Å². The lowest BCUT2D eigenvalue weighted by Crippen LogP contribution is -2.67. The summed E-state index contributed by atoms with van der Waals surface area (Å²) in [5, 5.41) is 12.2. The number of carbonyl (C=O) groups is 1. The molecule has 15 heteroatoms. The summed E-state index contributed by atoms with van der Waals surface area (Å²) in [5.41, 5.74) is 6.33. The number of hydrogen-bond acceptors (Lipinski definition) is 15. The van der Waals surface area contributed by atoms with E-state index in [4.69, 9.17) is 61.6 Å². The van der Waals surface area contributed by atoms with Crippen LogP contribution in [0.15, 0.2) is 212 Å². The fourth-order valence-corrected chi connectivity index (χ4v) is 10.8. The Kier molecular flexibility index (Phi) is 22.4. The van der Waals surface area contributed by atoms with Gasteiger partial charge in [-0.3, -0.25) is 4.79 Å². The summed E-state index contributed by atoms with van der Waals surface area (Å²) in [5.74, 6) is -0.508. The van der Waals surface area contributed by atoms with Crippen molar-refractivity contribution in [3.8, 4) is 0 Å². The van der Waals surface area contributed by atoms with E-state index < -0.39 is 98.1 Å². The van der Waals surface area contributed by atoms with E-state index in [1.54, 1.807) is 0 Å². The molecule has 84 heavy (non-hydrogen) atoms. The van der Waals surface area contributed by atoms with E-state index in [1.165, 1.54) is 6.92 Å². The Morgan fingerprint density at radius 2 is 0.619 bits per heavy atom. The van der Waals surface area contributed by atoms with Crippen LogP contribution in [0.25, 0.3) is 0 Å². The lowest BCUT2D eigenvalue weighted by atomic mass is 9.95. The molecule has 3 aliphatic heterocycles. The van der Waals surface area contributed by atoms with Crippen molar-refractivity contribution >= 4 is 5.97 Å². The highest BCUT2D eigenvalue weighted by atomic mass is 16.8. The lowest BCUT2D eigenvalue weighted by Gasteiger charge is -2.51. The largest absolute Gasteiger partial charge is 0.463 e. The molecule has 0 amide bonds. The Bertz CT molecular complexity index is 2970. The molecule has 3 saturated heterocycles. The van der Waals surface area contributed by atoms with Crippen LogP contribution in [0.2, 0.25) is 0 Å². The molecule has 7 aromatic carbocycles. The van der Waals surface area contributed by atoms with Crippen molar-refractivity contribution in [2.75, 3.05) is 6.61 Å². The van der Waals surface area contributed by atoms with Crippen molar-refractivity contribution in [2.24, 2.45) is 0 Å². The fraction of sp³-hybridized carbons (Fsp3) is 0.377. The zero-order valence-corrected chi connectivity index (χ0v) is 47.7. The molecule has 3 heterocycles. The second-order valence-electron chi connectivity index (χ2n) is 21.3. The Balaban J connectivity index is 1.05. The summed E-state index contributed by atoms with van der Waals surface area (Å²) in [4.78, 5) is 12.8. The van der Waals surface area contributed by atoms with E-state index in [0.717, 1.165) is 38.9 Å². The Morgan fingerprint density at radius 3 is 0.988 bits per heavy atom.